The summed E-state index contributed by atoms with van der Waals surface area (Å²) in [7, 11) is 0. The molecule has 0 radical (unpaired) electrons. The Kier molecular flexibility index (Phi) is 23.1. The van der Waals surface area contributed by atoms with Crippen LogP contribution in [0.4, 0.5) is 0 Å². The van der Waals surface area contributed by atoms with Gasteiger partial charge in [-0.1, -0.05) is 0 Å². The summed E-state index contributed by atoms with van der Waals surface area (Å²) in [5, 5.41) is 205. The monoisotopic (exact) mass is 1070 g/mol. The molecular weight excluding hydrogens is 1000 g/mol. The first-order valence-corrected chi connectivity index (χ1v) is 23.0. The molecule has 0 aromatic carbocycles. The molecule has 0 saturated carbocycles. The van der Waals surface area contributed by atoms with Gasteiger partial charge in [0.2, 0.25) is 11.8 Å². The minimum absolute atomic E-state index is 0.845. The number of aliphatic hydroxyl groups excluding tert-OH is 19. The maximum atomic E-state index is 12.6. The van der Waals surface area contributed by atoms with Gasteiger partial charge >= 0.3 is 0 Å². The lowest BCUT2D eigenvalue weighted by Gasteiger charge is -2.51. The van der Waals surface area contributed by atoms with Gasteiger partial charge in [0.25, 0.3) is 0 Å². The fourth-order valence-electron chi connectivity index (χ4n) is 8.91. The molecule has 5 heterocycles. The summed E-state index contributed by atoms with van der Waals surface area (Å²) in [6, 6.07) is -3.56. The Morgan fingerprint density at radius 3 is 1.26 bits per heavy atom. The van der Waals surface area contributed by atoms with E-state index in [0.29, 0.717) is 0 Å². The highest BCUT2D eigenvalue weighted by molar-refractivity contribution is 5.73. The predicted octanol–water partition coefficient (Wildman–Crippen LogP) is -14.2. The minimum atomic E-state index is -2.24. The van der Waals surface area contributed by atoms with Crippen LogP contribution in [0.5, 0.6) is 0 Å². The smallest absolute Gasteiger partial charge is 0.217 e. The Labute approximate surface area is 414 Å². The van der Waals surface area contributed by atoms with Crippen LogP contribution in [0.2, 0.25) is 0 Å². The third-order valence-electron chi connectivity index (χ3n) is 12.9. The third-order valence-corrected chi connectivity index (χ3v) is 12.9. The van der Waals surface area contributed by atoms with E-state index in [9.17, 15) is 107 Å². The largest absolute Gasteiger partial charge is 0.394 e. The number of hydrogen-bond acceptors (Lipinski definition) is 31. The fraction of sp³-hybridized carbons (Fsp3) is 0.950. The number of carbonyl (C=O) groups is 2. The van der Waals surface area contributed by atoms with Crippen LogP contribution < -0.4 is 10.6 Å². The second kappa shape index (κ2) is 27.4. The molecule has 5 fully saturated rings. The van der Waals surface area contributed by atoms with Crippen molar-refractivity contribution in [3.63, 3.8) is 0 Å². The highest BCUT2D eigenvalue weighted by Crippen LogP contribution is 2.36. The Balaban J connectivity index is 1.40. The normalized spacial score (nSPS) is 45.2. The highest BCUT2D eigenvalue weighted by atomic mass is 16.8. The highest BCUT2D eigenvalue weighted by Gasteiger charge is 2.58. The average Bonchev–Trinajstić information content (AvgIpc) is 3.36. The molecule has 21 N–H and O–H groups in total. The molecular formula is C40H70N2O31. The summed E-state index contributed by atoms with van der Waals surface area (Å²) in [4.78, 5) is 25.2. The fourth-order valence-corrected chi connectivity index (χ4v) is 8.91. The summed E-state index contributed by atoms with van der Waals surface area (Å²) < 4.78 is 57.1. The van der Waals surface area contributed by atoms with Crippen molar-refractivity contribution in [3.8, 4) is 0 Å². The van der Waals surface area contributed by atoms with Crippen LogP contribution in [0.15, 0.2) is 0 Å². The Morgan fingerprint density at radius 2 is 0.781 bits per heavy atom. The third kappa shape index (κ3) is 13.9. The molecule has 426 valence electrons. The number of ether oxygens (including phenoxy) is 10. The number of carbonyl (C=O) groups excluding carboxylic acids is 2. The second-order valence-electron chi connectivity index (χ2n) is 18.0. The molecule has 0 spiro atoms. The van der Waals surface area contributed by atoms with Gasteiger partial charge in [-0.15, -0.1) is 0 Å². The molecule has 33 heteroatoms. The first-order chi connectivity index (χ1) is 34.5. The first-order valence-electron chi connectivity index (χ1n) is 23.0. The van der Waals surface area contributed by atoms with Gasteiger partial charge in [0.05, 0.1) is 46.2 Å². The van der Waals surface area contributed by atoms with Crippen molar-refractivity contribution < 1.29 is 154 Å². The average molecular weight is 1070 g/mol. The van der Waals surface area contributed by atoms with E-state index in [2.05, 4.69) is 10.6 Å². The molecule has 2 amide bonds. The van der Waals surface area contributed by atoms with E-state index < -0.39 is 236 Å². The minimum Gasteiger partial charge on any atom is -0.394 e. The van der Waals surface area contributed by atoms with Crippen LogP contribution in [-0.2, 0) is 57.0 Å². The summed E-state index contributed by atoms with van der Waals surface area (Å²) >= 11 is 0. The zero-order valence-electron chi connectivity index (χ0n) is 39.1. The first kappa shape index (κ1) is 61.6. The summed E-state index contributed by atoms with van der Waals surface area (Å²) in [6.07, 6.45) is -52.8. The molecule has 0 unspecified atom stereocenters. The number of hydrogen-bond donors (Lipinski definition) is 21. The van der Waals surface area contributed by atoms with Crippen LogP contribution >= 0.6 is 0 Å². The van der Waals surface area contributed by atoms with E-state index in [1.807, 2.05) is 0 Å². The number of nitrogens with one attached hydrogen (secondary N) is 2. The zero-order chi connectivity index (χ0) is 54.3. The molecule has 73 heavy (non-hydrogen) atoms. The molecule has 33 nitrogen and oxygen atoms in total. The van der Waals surface area contributed by atoms with E-state index in [0.717, 1.165) is 13.8 Å². The molecule has 0 bridgehead atoms. The van der Waals surface area contributed by atoms with Gasteiger partial charge in [-0.25, -0.2) is 0 Å². The molecule has 0 aromatic rings. The maximum Gasteiger partial charge on any atom is 0.217 e. The molecule has 0 aliphatic carbocycles. The Hall–Kier alpha value is -2.22. The van der Waals surface area contributed by atoms with Gasteiger partial charge in [0, 0.05) is 13.8 Å². The van der Waals surface area contributed by atoms with Crippen LogP contribution in [0.25, 0.3) is 0 Å². The van der Waals surface area contributed by atoms with Crippen molar-refractivity contribution in [2.24, 2.45) is 0 Å². The van der Waals surface area contributed by atoms with Gasteiger partial charge in [-0.05, 0) is 0 Å². The molecule has 5 saturated heterocycles. The molecule has 29 atom stereocenters. The van der Waals surface area contributed by atoms with E-state index in [1.165, 1.54) is 0 Å². The van der Waals surface area contributed by atoms with Crippen molar-refractivity contribution in [3.05, 3.63) is 0 Å². The van der Waals surface area contributed by atoms with Gasteiger partial charge in [0.15, 0.2) is 31.5 Å². The zero-order valence-corrected chi connectivity index (χ0v) is 39.1. The standard InChI is InChI=1S/C40H70N2O31/c1-10(50)41-19-26(59)32(18(9-49)68-36(19)72-34-24(57)16(7-47)66-39(29(34)62)69-31(13(53)4-44)21(54)12(52)3-43)70-40-30(63)35(25(58)17(8-48)67-40)73-37-20(42-11(2)51)33(23(56)15(6-46)64-37)71-38-28(61)27(60)22(55)14(5-45)65-38/h12-40,43-49,52-63H,3-9H2,1-2H3,(H,41,50)(H,42,51)/t12-,13+,14+,15+,16+,17+,18+,19+,20+,21+,22-,23+,24-,25-,26+,27-,28+,29+,30+,31+,32+,33+,34-,35-,36-,37-,38-,39-,40-/m0/s1. The van der Waals surface area contributed by atoms with Crippen molar-refractivity contribution in [2.75, 3.05) is 46.2 Å². The van der Waals surface area contributed by atoms with Gasteiger partial charge in [-0.2, -0.15) is 0 Å². The lowest BCUT2D eigenvalue weighted by atomic mass is 9.93. The van der Waals surface area contributed by atoms with Crippen molar-refractivity contribution in [1.29, 1.82) is 0 Å². The van der Waals surface area contributed by atoms with E-state index in [4.69, 9.17) is 47.4 Å². The Bertz CT molecular complexity index is 1700. The topological polar surface area (TPSA) is 535 Å². The number of amides is 2. The van der Waals surface area contributed by atoms with Crippen molar-refractivity contribution >= 4 is 11.8 Å². The summed E-state index contributed by atoms with van der Waals surface area (Å²) in [5.41, 5.74) is 0. The SMILES string of the molecule is CC(=O)N[C@H]1[C@H](O[C@H]2[C@@H](O)[C@@H](CO)O[C@@H](O[C@@H]([C@H](O)[C@@H](O)CO)[C@H](O)CO)[C@@H]2O)O[C@H](CO)[C@@H](O[C@@H]2O[C@H](CO)[C@H](O)[C@H](O[C@@H]3O[C@H](CO)[C@@H](O)[C@H](O[C@@H]4O[C@H](CO)[C@H](O)[C@H](O)[C@H]4O)[C@H]3NC(C)=O)[C@H]2O)[C@@H]1O. The van der Waals surface area contributed by atoms with Crippen molar-refractivity contribution in [2.45, 2.75) is 192 Å². The van der Waals surface area contributed by atoms with Crippen LogP contribution in [0.1, 0.15) is 13.8 Å². The molecule has 5 rings (SSSR count). The number of rotatable bonds is 22. The lowest BCUT2D eigenvalue weighted by molar-refractivity contribution is -0.383. The molecule has 0 aromatic heterocycles. The second-order valence-corrected chi connectivity index (χ2v) is 18.0. The molecule has 5 aliphatic rings. The summed E-state index contributed by atoms with van der Waals surface area (Å²) in [5.74, 6) is -1.72. The van der Waals surface area contributed by atoms with E-state index >= 15 is 0 Å². The lowest BCUT2D eigenvalue weighted by Crippen LogP contribution is -2.71. The van der Waals surface area contributed by atoms with Crippen LogP contribution in [0, 0.1) is 0 Å². The Morgan fingerprint density at radius 1 is 0.411 bits per heavy atom. The van der Waals surface area contributed by atoms with Crippen LogP contribution in [0.3, 0.4) is 0 Å². The van der Waals surface area contributed by atoms with E-state index in [1.54, 1.807) is 0 Å². The van der Waals surface area contributed by atoms with Gasteiger partial charge < -0.3 is 155 Å². The number of aliphatic hydroxyl groups is 19. The quantitative estimate of drug-likeness (QED) is 0.0479. The van der Waals surface area contributed by atoms with E-state index in [-0.39, 0.29) is 0 Å². The summed E-state index contributed by atoms with van der Waals surface area (Å²) in [6.45, 7) is -5.20. The predicted molar refractivity (Wildman–Crippen MR) is 225 cm³/mol. The van der Waals surface area contributed by atoms with Gasteiger partial charge in [-0.3, -0.25) is 9.59 Å². The van der Waals surface area contributed by atoms with Crippen LogP contribution in [-0.4, -0.2) is 333 Å². The molecule has 5 aliphatic heterocycles. The van der Waals surface area contributed by atoms with Gasteiger partial charge in [0.1, 0.15) is 146 Å². The van der Waals surface area contributed by atoms with Crippen molar-refractivity contribution in [1.82, 2.24) is 10.6 Å². The maximum absolute atomic E-state index is 12.6.